The Bertz CT molecular complexity index is 166. The van der Waals surface area contributed by atoms with Gasteiger partial charge < -0.3 is 0 Å². The zero-order valence-corrected chi connectivity index (χ0v) is 9.57. The van der Waals surface area contributed by atoms with E-state index in [0.29, 0.717) is 3.23 Å². The smallest absolute Gasteiger partial charge is 0.0868 e. The molecule has 62 valence electrons. The van der Waals surface area contributed by atoms with Gasteiger partial charge in [-0.3, -0.25) is 0 Å². The molecule has 0 amide bonds. The number of hydrogen-bond acceptors (Lipinski definition) is 0. The first-order valence-electron chi connectivity index (χ1n) is 4.25. The maximum atomic E-state index is 3.74. The van der Waals surface area contributed by atoms with Gasteiger partial charge in [0.15, 0.2) is 0 Å². The highest BCUT2D eigenvalue weighted by Gasteiger charge is 2.60. The molecule has 0 radical (unpaired) electrons. The zero-order chi connectivity index (χ0) is 7.90. The molecule has 0 nitrogen and oxygen atoms in total. The molecule has 0 bridgehead atoms. The Kier molecular flexibility index (Phi) is 2.17. The van der Waals surface area contributed by atoms with Crippen molar-refractivity contribution in [3.8, 4) is 0 Å². The van der Waals surface area contributed by atoms with Crippen molar-refractivity contribution in [1.82, 2.24) is 0 Å². The summed E-state index contributed by atoms with van der Waals surface area (Å²) in [6.45, 7) is 0. The first-order chi connectivity index (χ1) is 5.23. The van der Waals surface area contributed by atoms with E-state index >= 15 is 0 Å². The SMILES string of the molecule is BrC1(Br)C2CC/C=C\CCC21. The van der Waals surface area contributed by atoms with E-state index in [0.717, 1.165) is 11.8 Å². The second kappa shape index (κ2) is 2.88. The maximum absolute atomic E-state index is 3.74. The third-order valence-electron chi connectivity index (χ3n) is 2.82. The van der Waals surface area contributed by atoms with Crippen molar-refractivity contribution < 1.29 is 0 Å². The highest BCUT2D eigenvalue weighted by atomic mass is 79.9. The van der Waals surface area contributed by atoms with Crippen LogP contribution in [0.2, 0.25) is 0 Å². The molecular formula is C9H12Br2. The van der Waals surface area contributed by atoms with Gasteiger partial charge in [-0.2, -0.15) is 0 Å². The molecule has 2 rings (SSSR count). The Balaban J connectivity index is 2.02. The van der Waals surface area contributed by atoms with E-state index < -0.39 is 0 Å². The molecule has 0 aliphatic heterocycles. The first kappa shape index (κ1) is 8.31. The van der Waals surface area contributed by atoms with Gasteiger partial charge >= 0.3 is 0 Å². The van der Waals surface area contributed by atoms with Crippen molar-refractivity contribution in [3.05, 3.63) is 12.2 Å². The van der Waals surface area contributed by atoms with Gasteiger partial charge in [-0.1, -0.05) is 44.0 Å². The predicted octanol–water partition coefficient (Wildman–Crippen LogP) is 3.85. The summed E-state index contributed by atoms with van der Waals surface area (Å²) in [5.41, 5.74) is 0. The molecular weight excluding hydrogens is 268 g/mol. The third kappa shape index (κ3) is 1.44. The van der Waals surface area contributed by atoms with Crippen LogP contribution in [0, 0.1) is 11.8 Å². The van der Waals surface area contributed by atoms with Crippen LogP contribution in [0.15, 0.2) is 12.2 Å². The van der Waals surface area contributed by atoms with Crippen LogP contribution in [-0.4, -0.2) is 3.23 Å². The molecule has 0 aromatic carbocycles. The van der Waals surface area contributed by atoms with Crippen LogP contribution < -0.4 is 0 Å². The van der Waals surface area contributed by atoms with E-state index in [-0.39, 0.29) is 0 Å². The van der Waals surface area contributed by atoms with Crippen LogP contribution in [0.1, 0.15) is 25.7 Å². The zero-order valence-electron chi connectivity index (χ0n) is 6.39. The average molecular weight is 280 g/mol. The van der Waals surface area contributed by atoms with Crippen molar-refractivity contribution in [2.24, 2.45) is 11.8 Å². The highest BCUT2D eigenvalue weighted by molar-refractivity contribution is 9.25. The van der Waals surface area contributed by atoms with Crippen LogP contribution in [0.25, 0.3) is 0 Å². The van der Waals surface area contributed by atoms with Gasteiger partial charge in [0, 0.05) is 0 Å². The molecule has 2 unspecified atom stereocenters. The minimum absolute atomic E-state index is 0.312. The van der Waals surface area contributed by atoms with Gasteiger partial charge in [-0.15, -0.1) is 0 Å². The number of halogens is 2. The van der Waals surface area contributed by atoms with E-state index in [9.17, 15) is 0 Å². The lowest BCUT2D eigenvalue weighted by Crippen LogP contribution is -1.87. The van der Waals surface area contributed by atoms with E-state index in [1.807, 2.05) is 0 Å². The fourth-order valence-electron chi connectivity index (χ4n) is 2.04. The lowest BCUT2D eigenvalue weighted by Gasteiger charge is -1.98. The molecule has 2 aliphatic carbocycles. The summed E-state index contributed by atoms with van der Waals surface area (Å²) >= 11 is 7.48. The number of alkyl halides is 2. The van der Waals surface area contributed by atoms with Crippen LogP contribution in [-0.2, 0) is 0 Å². The summed E-state index contributed by atoms with van der Waals surface area (Å²) in [5.74, 6) is 1.76. The highest BCUT2D eigenvalue weighted by Crippen LogP contribution is 2.65. The number of fused-ring (bicyclic) bond motifs is 1. The normalized spacial score (nSPS) is 43.5. The van der Waals surface area contributed by atoms with Gasteiger partial charge in [0.25, 0.3) is 0 Å². The molecule has 1 fully saturated rings. The van der Waals surface area contributed by atoms with E-state index in [1.54, 1.807) is 0 Å². The molecule has 0 aromatic rings. The number of hydrogen-bond donors (Lipinski definition) is 0. The summed E-state index contributed by atoms with van der Waals surface area (Å²) in [7, 11) is 0. The summed E-state index contributed by atoms with van der Waals surface area (Å²) < 4.78 is 0.312. The first-order valence-corrected chi connectivity index (χ1v) is 5.84. The van der Waals surface area contributed by atoms with Crippen molar-refractivity contribution in [2.45, 2.75) is 28.9 Å². The molecule has 11 heavy (non-hydrogen) atoms. The fourth-order valence-corrected chi connectivity index (χ4v) is 3.96. The van der Waals surface area contributed by atoms with Crippen molar-refractivity contribution in [1.29, 1.82) is 0 Å². The van der Waals surface area contributed by atoms with Crippen molar-refractivity contribution >= 4 is 31.9 Å². The number of rotatable bonds is 0. The molecule has 2 atom stereocenters. The summed E-state index contributed by atoms with van der Waals surface area (Å²) in [5, 5.41) is 0. The lowest BCUT2D eigenvalue weighted by atomic mass is 10.1. The molecule has 2 aliphatic rings. The second-order valence-electron chi connectivity index (χ2n) is 3.51. The predicted molar refractivity (Wildman–Crippen MR) is 55.2 cm³/mol. The Morgan fingerprint density at radius 2 is 1.45 bits per heavy atom. The molecule has 0 spiro atoms. The largest absolute Gasteiger partial charge is 0.0885 e. The second-order valence-corrected chi connectivity index (χ2v) is 7.20. The minimum atomic E-state index is 0.312. The average Bonchev–Trinajstić information content (AvgIpc) is 2.29. The quantitative estimate of drug-likeness (QED) is 0.467. The maximum Gasteiger partial charge on any atom is 0.0868 e. The molecule has 0 saturated heterocycles. The van der Waals surface area contributed by atoms with Crippen molar-refractivity contribution in [3.63, 3.8) is 0 Å². The van der Waals surface area contributed by atoms with Crippen LogP contribution in [0.3, 0.4) is 0 Å². The van der Waals surface area contributed by atoms with E-state index in [2.05, 4.69) is 44.0 Å². The molecule has 2 heteroatoms. The molecule has 0 N–H and O–H groups in total. The van der Waals surface area contributed by atoms with Gasteiger partial charge in [0.1, 0.15) is 0 Å². The molecule has 0 aromatic heterocycles. The van der Waals surface area contributed by atoms with Crippen LogP contribution >= 0.6 is 31.9 Å². The monoisotopic (exact) mass is 278 g/mol. The van der Waals surface area contributed by atoms with Gasteiger partial charge in [-0.25, -0.2) is 0 Å². The van der Waals surface area contributed by atoms with Crippen LogP contribution in [0.4, 0.5) is 0 Å². The Hall–Kier alpha value is 0.700. The van der Waals surface area contributed by atoms with Crippen molar-refractivity contribution in [2.75, 3.05) is 0 Å². The topological polar surface area (TPSA) is 0 Å². The summed E-state index contributed by atoms with van der Waals surface area (Å²) in [6, 6.07) is 0. The molecule has 1 saturated carbocycles. The summed E-state index contributed by atoms with van der Waals surface area (Å²) in [4.78, 5) is 0. The lowest BCUT2D eigenvalue weighted by molar-refractivity contribution is 0.605. The standard InChI is InChI=1S/C9H12Br2/c10-9(11)7-5-3-1-2-4-6-8(7)9/h1-2,7-8H,3-6H2/b2-1-. The molecule has 0 heterocycles. The van der Waals surface area contributed by atoms with E-state index in [1.165, 1.54) is 25.7 Å². The summed E-state index contributed by atoms with van der Waals surface area (Å²) in [6.07, 6.45) is 9.87. The van der Waals surface area contributed by atoms with Gasteiger partial charge in [0.2, 0.25) is 0 Å². The number of allylic oxidation sites excluding steroid dienone is 2. The van der Waals surface area contributed by atoms with Gasteiger partial charge in [0.05, 0.1) is 3.23 Å². The van der Waals surface area contributed by atoms with Crippen LogP contribution in [0.5, 0.6) is 0 Å². The minimum Gasteiger partial charge on any atom is -0.0885 e. The van der Waals surface area contributed by atoms with Gasteiger partial charge in [-0.05, 0) is 37.5 Å². The van der Waals surface area contributed by atoms with E-state index in [4.69, 9.17) is 0 Å². The Morgan fingerprint density at radius 1 is 1.00 bits per heavy atom. The third-order valence-corrected chi connectivity index (χ3v) is 5.17. The Morgan fingerprint density at radius 3 is 1.91 bits per heavy atom. The fraction of sp³-hybridized carbons (Fsp3) is 0.778. The Labute approximate surface area is 84.7 Å².